The molecule has 8 aliphatic rings. The first-order chi connectivity index (χ1) is 61.2. The van der Waals surface area contributed by atoms with E-state index in [4.69, 9.17) is 75.8 Å². The zero-order valence-corrected chi connectivity index (χ0v) is 70.2. The van der Waals surface area contributed by atoms with E-state index in [-0.39, 0.29) is 0 Å². The number of aliphatic hydroxyl groups excluding tert-OH is 24. The number of esters is 1. The van der Waals surface area contributed by atoms with Gasteiger partial charge in [-0.15, -0.1) is 0 Å². The Balaban J connectivity index is 1.18. The average Bonchev–Trinajstić information content (AvgIpc) is 0.742. The van der Waals surface area contributed by atoms with E-state index in [1.165, 1.54) is 0 Å². The highest BCUT2D eigenvalue weighted by Crippen LogP contribution is 2.46. The smallest absolute Gasteiger partial charge is 0.364 e. The molecule has 0 aromatic rings. The van der Waals surface area contributed by atoms with Crippen molar-refractivity contribution in [1.82, 2.24) is 26.6 Å². The molecule has 0 aliphatic carbocycles. The minimum atomic E-state index is -3.83. The SMILES string of the molecule is CC(=O)N[C@H]1[C@H](O[C@@H]2[C@H](O[C@]3(C(=O)O)C[C@H](O)[C@@H](NC(C)=O)[C@H]([C@H](O)[C@@H](CO)O[C@]4(C(=O)O)C[C@H](O)[C@@H](NC(C)=O)[C@H]([C@H](O)[C@H](O)CO)O4)O3)[C@@H](O)[C@H](O[C@H]3[C@H](O)[C@@H](O)[C@H](O)O[C@@H]3CO)O[C@@H]2CO)O[C@H](CO)[C@H](O)[C@@H]1O[C@@H]1O[C@H](CO)[C@H](O)[C@H](O[C@]2(C(=O)O)C[C@H](O)[C@@H](NC(C)=O)[C@H]([C@H](O)[C@@H](CO)O[C@]3(C(=O)O)C[C@H](O)[C@@H](NC(C)=O)[C@H]([C@H](O)[C@H](O)COC(C)=O)O3)O2)[C@H]1O. The third kappa shape index (κ3) is 24.4. The van der Waals surface area contributed by atoms with Crippen LogP contribution >= 0.6 is 0 Å². The summed E-state index contributed by atoms with van der Waals surface area (Å²) in [6.45, 7) is -6.17. The summed E-state index contributed by atoms with van der Waals surface area (Å²) in [4.78, 5) is 131. The number of hydrogen-bond acceptors (Lipinski definition) is 50. The van der Waals surface area contributed by atoms with E-state index in [1.54, 1.807) is 0 Å². The molecule has 8 aliphatic heterocycles. The number of carbonyl (C=O) groups excluding carboxylic acids is 6. The van der Waals surface area contributed by atoms with Gasteiger partial charge >= 0.3 is 29.8 Å². The molecular weight excluding hydrogens is 1800 g/mol. The van der Waals surface area contributed by atoms with Gasteiger partial charge in [0, 0.05) is 67.2 Å². The highest BCUT2D eigenvalue weighted by molar-refractivity contribution is 5.79. The summed E-state index contributed by atoms with van der Waals surface area (Å²) in [6, 6.07) is -10.4. The van der Waals surface area contributed by atoms with E-state index in [2.05, 4.69) is 26.6 Å². The average molecular weight is 1910 g/mol. The van der Waals surface area contributed by atoms with Gasteiger partial charge in [-0.3, -0.25) is 28.8 Å². The summed E-state index contributed by atoms with van der Waals surface area (Å²) < 4.78 is 92.5. The number of ether oxygens (including phenoxy) is 16. The van der Waals surface area contributed by atoms with Gasteiger partial charge < -0.3 is 245 Å². The minimum Gasteiger partial charge on any atom is -0.477 e. The van der Waals surface area contributed by atoms with Crippen molar-refractivity contribution < 1.29 is 267 Å². The van der Waals surface area contributed by atoms with Crippen molar-refractivity contribution in [2.24, 2.45) is 0 Å². The molecule has 44 atom stereocenters. The molecule has 8 saturated heterocycles. The predicted molar refractivity (Wildman–Crippen MR) is 401 cm³/mol. The number of carboxylic acids is 4. The molecule has 0 spiro atoms. The Labute approximate surface area is 738 Å². The molecular formula is C72H115N5O54. The standard InChI is InChI=1S/C72H115N5O54/c1-19(85)73-37-25(91)7-69(65(108)109,126-55(37)42(97)29(95)11-78)124-34(15-82)47(102)58-40(76-22(4)88)28(94)10-72(129-58,68(114)115)131-60-51(106)64(121-52-35(16-83)117-61(107)49(104)48(52)103)120-36(17-84)53(60)122-62-41(77-23(5)89)54(44(99)31(12-79)118-62)123-63-50(105)59(45(100)32(13-80)119-63)130-71(67(112)113)9-27(93)39(75-21(3)87)57(128-71)46(101)33(14-81)125-70(66(110)111)8-26(92)38(74-20(2)86)56(127-70)43(98)30(96)18-116-24(6)90/h25-64,78-84,91-107H,7-18H2,1-6H3,(H,73,85)(H,74,86)(H,75,87)(H,76,88)(H,77,89)(H,108,109)(H,110,111)(H,112,113)(H,114,115)/t25-,26-,27-,28-,29+,30+,31+,32+,33+,34+,35+,36+,37+,38+,39+,40+,41+,42+,43+,44-,45-,46+,47+,48+,49+,50+,51+,52+,53-,54+,55+,56+,57+,58+,59-,60+,61+,62-,63-,64-,69+,70+,71-,72-/m0/s1. The van der Waals surface area contributed by atoms with E-state index in [1.807, 2.05) is 0 Å². The fourth-order valence-electron chi connectivity index (χ4n) is 16.5. The molecule has 131 heavy (non-hydrogen) atoms. The number of aliphatic carboxylic acids is 4. The Morgan fingerprint density at radius 1 is 0.336 bits per heavy atom. The maximum Gasteiger partial charge on any atom is 0.364 e. The molecule has 59 heteroatoms. The quantitative estimate of drug-likeness (QED) is 0.0253. The largest absolute Gasteiger partial charge is 0.477 e. The van der Waals surface area contributed by atoms with Crippen molar-refractivity contribution in [2.45, 2.75) is 335 Å². The van der Waals surface area contributed by atoms with Crippen LogP contribution in [0.25, 0.3) is 0 Å². The highest BCUT2D eigenvalue weighted by Gasteiger charge is 2.67. The molecule has 752 valence electrons. The van der Waals surface area contributed by atoms with Crippen LogP contribution in [0, 0.1) is 0 Å². The number of carbonyl (C=O) groups is 10. The van der Waals surface area contributed by atoms with E-state index < -0.39 is 406 Å². The Bertz CT molecular complexity index is 3850. The normalized spacial score (nSPS) is 41.8. The molecule has 0 bridgehead atoms. The number of amides is 5. The van der Waals surface area contributed by atoms with E-state index in [0.717, 1.165) is 41.5 Å². The van der Waals surface area contributed by atoms with Gasteiger partial charge in [-0.25, -0.2) is 19.2 Å². The van der Waals surface area contributed by atoms with Crippen molar-refractivity contribution in [3.05, 3.63) is 0 Å². The number of nitrogens with one attached hydrogen (secondary N) is 5. The Morgan fingerprint density at radius 2 is 0.649 bits per heavy atom. The van der Waals surface area contributed by atoms with Crippen LogP contribution in [-0.2, 0) is 124 Å². The Kier molecular flexibility index (Phi) is 38.3. The van der Waals surface area contributed by atoms with Crippen molar-refractivity contribution >= 4 is 59.4 Å². The van der Waals surface area contributed by atoms with Crippen molar-refractivity contribution in [2.75, 3.05) is 52.9 Å². The second kappa shape index (κ2) is 45.9. The third-order valence-corrected chi connectivity index (χ3v) is 22.9. The van der Waals surface area contributed by atoms with Crippen LogP contribution in [0.2, 0.25) is 0 Å². The molecule has 0 radical (unpaired) electrons. The van der Waals surface area contributed by atoms with Crippen LogP contribution in [0.5, 0.6) is 0 Å². The summed E-state index contributed by atoms with van der Waals surface area (Å²) in [5.74, 6) is -30.3. The molecule has 33 N–H and O–H groups in total. The molecule has 8 heterocycles. The number of rotatable bonds is 40. The second-order valence-corrected chi connectivity index (χ2v) is 32.4. The first kappa shape index (κ1) is 109. The summed E-state index contributed by atoms with van der Waals surface area (Å²) in [5, 5.41) is 328. The minimum absolute atomic E-state index is 0.757. The fraction of sp³-hybridized carbons (Fsp3) is 0.861. The van der Waals surface area contributed by atoms with Crippen molar-refractivity contribution in [1.29, 1.82) is 0 Å². The molecule has 8 rings (SSSR count). The lowest BCUT2D eigenvalue weighted by Gasteiger charge is -2.53. The lowest BCUT2D eigenvalue weighted by atomic mass is 9.87. The summed E-state index contributed by atoms with van der Waals surface area (Å²) in [6.07, 6.45) is -92.7. The van der Waals surface area contributed by atoms with Gasteiger partial charge in [-0.2, -0.15) is 0 Å². The maximum absolute atomic E-state index is 14.3. The van der Waals surface area contributed by atoms with Gasteiger partial charge in [0.05, 0.1) is 94.8 Å². The van der Waals surface area contributed by atoms with Gasteiger partial charge in [-0.05, 0) is 0 Å². The van der Waals surface area contributed by atoms with E-state index >= 15 is 0 Å². The van der Waals surface area contributed by atoms with Crippen LogP contribution in [-0.4, -0.2) is 523 Å². The monoisotopic (exact) mass is 1910 g/mol. The van der Waals surface area contributed by atoms with Gasteiger partial charge in [-0.1, -0.05) is 0 Å². The first-order valence-electron chi connectivity index (χ1n) is 40.5. The van der Waals surface area contributed by atoms with Crippen LogP contribution in [0.1, 0.15) is 67.2 Å². The van der Waals surface area contributed by atoms with E-state index in [9.17, 15) is 191 Å². The molecule has 59 nitrogen and oxygen atoms in total. The van der Waals surface area contributed by atoms with Crippen LogP contribution in [0.3, 0.4) is 0 Å². The zero-order valence-electron chi connectivity index (χ0n) is 70.2. The summed E-state index contributed by atoms with van der Waals surface area (Å²) in [7, 11) is 0. The summed E-state index contributed by atoms with van der Waals surface area (Å²) >= 11 is 0. The maximum atomic E-state index is 14.3. The predicted octanol–water partition coefficient (Wildman–Crippen LogP) is -20.3. The Hall–Kier alpha value is -6.86. The first-order valence-corrected chi connectivity index (χ1v) is 40.5. The Morgan fingerprint density at radius 3 is 1.02 bits per heavy atom. The molecule has 8 fully saturated rings. The van der Waals surface area contributed by atoms with Crippen molar-refractivity contribution in [3.8, 4) is 0 Å². The van der Waals surface area contributed by atoms with Crippen LogP contribution in [0.4, 0.5) is 0 Å². The third-order valence-electron chi connectivity index (χ3n) is 22.9. The summed E-state index contributed by atoms with van der Waals surface area (Å²) in [5.41, 5.74) is 0. The molecule has 5 amide bonds. The number of aliphatic hydroxyl groups is 24. The van der Waals surface area contributed by atoms with Crippen molar-refractivity contribution in [3.63, 3.8) is 0 Å². The lowest BCUT2D eigenvalue weighted by Crippen LogP contribution is -2.73. The van der Waals surface area contributed by atoms with Crippen LogP contribution < -0.4 is 26.6 Å². The van der Waals surface area contributed by atoms with Gasteiger partial charge in [0.25, 0.3) is 23.1 Å². The molecule has 0 aromatic carbocycles. The molecule has 0 aromatic heterocycles. The second-order valence-electron chi connectivity index (χ2n) is 32.4. The molecule has 0 saturated carbocycles. The molecule has 0 unspecified atom stereocenters. The van der Waals surface area contributed by atoms with Gasteiger partial charge in [0.15, 0.2) is 25.2 Å². The number of carboxylic acid groups (broad SMARTS) is 4. The lowest BCUT2D eigenvalue weighted by molar-refractivity contribution is -0.405. The zero-order chi connectivity index (χ0) is 98.2. The highest BCUT2D eigenvalue weighted by atomic mass is 16.8. The van der Waals surface area contributed by atoms with Crippen LogP contribution in [0.15, 0.2) is 0 Å². The van der Waals surface area contributed by atoms with Gasteiger partial charge in [0.1, 0.15) is 177 Å². The number of hydrogen-bond donors (Lipinski definition) is 33. The van der Waals surface area contributed by atoms with E-state index in [0.29, 0.717) is 0 Å². The fourth-order valence-corrected chi connectivity index (χ4v) is 16.5. The topological polar surface area (TPSA) is 945 Å². The van der Waals surface area contributed by atoms with Gasteiger partial charge in [0.2, 0.25) is 29.5 Å².